The van der Waals surface area contributed by atoms with Crippen LogP contribution in [0.1, 0.15) is 278 Å². The van der Waals surface area contributed by atoms with Crippen LogP contribution in [-0.4, -0.2) is 37.2 Å². The quantitative estimate of drug-likeness (QED) is 0.0262. The highest BCUT2D eigenvalue weighted by atomic mass is 16.6. The predicted molar refractivity (Wildman–Crippen MR) is 279 cm³/mol. The van der Waals surface area contributed by atoms with Crippen molar-refractivity contribution in [2.75, 3.05) is 13.2 Å². The zero-order valence-electron chi connectivity index (χ0n) is 43.0. The van der Waals surface area contributed by atoms with E-state index in [1.54, 1.807) is 0 Å². The Labute approximate surface area is 402 Å². The van der Waals surface area contributed by atoms with Crippen LogP contribution in [0.3, 0.4) is 0 Å². The molecule has 0 bridgehead atoms. The number of carbonyl (C=O) groups excluding carboxylic acids is 3. The number of hydrogen-bond donors (Lipinski definition) is 0. The van der Waals surface area contributed by atoms with Crippen molar-refractivity contribution in [2.45, 2.75) is 284 Å². The number of allylic oxidation sites excluding steroid dienone is 10. The van der Waals surface area contributed by atoms with E-state index in [0.29, 0.717) is 19.3 Å². The van der Waals surface area contributed by atoms with Gasteiger partial charge in [0.15, 0.2) is 6.10 Å². The molecule has 0 fully saturated rings. The third kappa shape index (κ3) is 51.9. The minimum Gasteiger partial charge on any atom is -0.462 e. The van der Waals surface area contributed by atoms with Gasteiger partial charge in [-0.1, -0.05) is 229 Å². The van der Waals surface area contributed by atoms with Crippen LogP contribution in [0.15, 0.2) is 60.8 Å². The summed E-state index contributed by atoms with van der Waals surface area (Å²) in [5.74, 6) is -0.893. The van der Waals surface area contributed by atoms with E-state index in [4.69, 9.17) is 14.2 Å². The molecule has 0 saturated carbocycles. The highest BCUT2D eigenvalue weighted by molar-refractivity contribution is 5.71. The number of carbonyl (C=O) groups is 3. The standard InChI is InChI=1S/C59H104O6/c1-4-7-10-13-16-19-22-24-26-28-29-31-32-34-37-40-43-46-49-52-58(61)64-55-56(54-63-57(60)51-48-45-42-39-36-21-18-15-12-9-6-3)65-59(62)53-50-47-44-41-38-35-33-30-27-25-23-20-17-14-11-8-5-2/h16-17,19-20,24-27,29,31,56H,4-15,18,21-23,28,30,32-55H2,1-3H3/b19-16-,20-17-,26-24-,27-25-,31-29-/t56-/m1/s1. The lowest BCUT2D eigenvalue weighted by Crippen LogP contribution is -2.30. The molecule has 6 heteroatoms. The van der Waals surface area contributed by atoms with Crippen molar-refractivity contribution in [3.8, 4) is 0 Å². The fourth-order valence-corrected chi connectivity index (χ4v) is 7.77. The van der Waals surface area contributed by atoms with Crippen molar-refractivity contribution < 1.29 is 28.6 Å². The average molecular weight is 909 g/mol. The van der Waals surface area contributed by atoms with Gasteiger partial charge >= 0.3 is 17.9 Å². The second-order valence-corrected chi connectivity index (χ2v) is 18.5. The van der Waals surface area contributed by atoms with E-state index in [0.717, 1.165) is 89.9 Å². The van der Waals surface area contributed by atoms with Crippen LogP contribution in [0.4, 0.5) is 0 Å². The number of esters is 3. The van der Waals surface area contributed by atoms with Gasteiger partial charge in [-0.25, -0.2) is 0 Å². The molecule has 0 aliphatic rings. The molecule has 6 nitrogen and oxygen atoms in total. The average Bonchev–Trinajstić information content (AvgIpc) is 3.30. The Morgan fingerprint density at radius 2 is 0.554 bits per heavy atom. The van der Waals surface area contributed by atoms with Crippen LogP contribution in [0.5, 0.6) is 0 Å². The summed E-state index contributed by atoms with van der Waals surface area (Å²) in [5, 5.41) is 0. The molecule has 0 radical (unpaired) electrons. The largest absolute Gasteiger partial charge is 0.462 e. The van der Waals surface area contributed by atoms with E-state index >= 15 is 0 Å². The van der Waals surface area contributed by atoms with Crippen LogP contribution in [-0.2, 0) is 28.6 Å². The van der Waals surface area contributed by atoms with Crippen molar-refractivity contribution in [3.63, 3.8) is 0 Å². The summed E-state index contributed by atoms with van der Waals surface area (Å²) >= 11 is 0. The van der Waals surface area contributed by atoms with Crippen LogP contribution >= 0.6 is 0 Å². The molecule has 0 heterocycles. The minimum absolute atomic E-state index is 0.0798. The molecule has 0 aromatic rings. The zero-order chi connectivity index (χ0) is 47.2. The molecular weight excluding hydrogens is 805 g/mol. The first-order valence-corrected chi connectivity index (χ1v) is 27.8. The normalized spacial score (nSPS) is 12.5. The summed E-state index contributed by atoms with van der Waals surface area (Å²) < 4.78 is 16.8. The smallest absolute Gasteiger partial charge is 0.306 e. The molecule has 0 unspecified atom stereocenters. The maximum absolute atomic E-state index is 12.8. The molecule has 0 aliphatic carbocycles. The summed E-state index contributed by atoms with van der Waals surface area (Å²) in [6, 6.07) is 0. The maximum atomic E-state index is 12.8. The summed E-state index contributed by atoms with van der Waals surface area (Å²) in [7, 11) is 0. The van der Waals surface area contributed by atoms with Crippen LogP contribution in [0.25, 0.3) is 0 Å². The van der Waals surface area contributed by atoms with Crippen LogP contribution in [0, 0.1) is 0 Å². The lowest BCUT2D eigenvalue weighted by Gasteiger charge is -2.18. The molecule has 1 atom stereocenters. The summed E-state index contributed by atoms with van der Waals surface area (Å²) in [5.41, 5.74) is 0. The Bertz CT molecular complexity index is 1180. The molecule has 0 amide bonds. The molecule has 0 N–H and O–H groups in total. The first-order chi connectivity index (χ1) is 32.0. The van der Waals surface area contributed by atoms with Gasteiger partial charge in [0.1, 0.15) is 13.2 Å². The maximum Gasteiger partial charge on any atom is 0.306 e. The van der Waals surface area contributed by atoms with Gasteiger partial charge in [-0.15, -0.1) is 0 Å². The summed E-state index contributed by atoms with van der Waals surface area (Å²) in [6.07, 6.45) is 66.3. The molecule has 0 spiro atoms. The Kier molecular flexibility index (Phi) is 51.3. The van der Waals surface area contributed by atoms with Crippen molar-refractivity contribution in [1.82, 2.24) is 0 Å². The SMILES string of the molecule is CCCCC/C=C\C/C=C\C/C=C\CCCCCCCCC(=O)OC[C@@H](COC(=O)CCCCCCCCCCCCC)OC(=O)CCCCCCCCC/C=C\C/C=C\CCCCC. The van der Waals surface area contributed by atoms with Crippen LogP contribution < -0.4 is 0 Å². The Balaban J connectivity index is 4.37. The minimum atomic E-state index is -0.782. The zero-order valence-corrected chi connectivity index (χ0v) is 43.0. The molecule has 376 valence electrons. The van der Waals surface area contributed by atoms with Crippen molar-refractivity contribution in [2.24, 2.45) is 0 Å². The Hall–Kier alpha value is -2.89. The van der Waals surface area contributed by atoms with Gasteiger partial charge in [-0.3, -0.25) is 14.4 Å². The highest BCUT2D eigenvalue weighted by Crippen LogP contribution is 2.15. The van der Waals surface area contributed by atoms with Crippen molar-refractivity contribution in [3.05, 3.63) is 60.8 Å². The van der Waals surface area contributed by atoms with Gasteiger partial charge < -0.3 is 14.2 Å². The first kappa shape index (κ1) is 62.1. The van der Waals surface area contributed by atoms with Crippen molar-refractivity contribution >= 4 is 17.9 Å². The molecule has 0 aromatic heterocycles. The van der Waals surface area contributed by atoms with Gasteiger partial charge in [0, 0.05) is 19.3 Å². The van der Waals surface area contributed by atoms with Crippen molar-refractivity contribution in [1.29, 1.82) is 0 Å². The Morgan fingerprint density at radius 3 is 0.892 bits per heavy atom. The Morgan fingerprint density at radius 1 is 0.308 bits per heavy atom. The van der Waals surface area contributed by atoms with E-state index in [9.17, 15) is 14.4 Å². The number of unbranched alkanes of at least 4 members (excludes halogenated alkanes) is 29. The van der Waals surface area contributed by atoms with Gasteiger partial charge in [0.2, 0.25) is 0 Å². The lowest BCUT2D eigenvalue weighted by molar-refractivity contribution is -0.167. The molecular formula is C59H104O6. The second kappa shape index (κ2) is 53.7. The molecule has 65 heavy (non-hydrogen) atoms. The number of ether oxygens (including phenoxy) is 3. The van der Waals surface area contributed by atoms with Gasteiger partial charge in [-0.2, -0.15) is 0 Å². The van der Waals surface area contributed by atoms with Gasteiger partial charge in [-0.05, 0) is 89.9 Å². The van der Waals surface area contributed by atoms with E-state index in [2.05, 4.69) is 81.5 Å². The van der Waals surface area contributed by atoms with E-state index in [-0.39, 0.29) is 31.1 Å². The van der Waals surface area contributed by atoms with Crippen LogP contribution in [0.2, 0.25) is 0 Å². The predicted octanol–water partition coefficient (Wildman–Crippen LogP) is 18.4. The first-order valence-electron chi connectivity index (χ1n) is 27.8. The third-order valence-electron chi connectivity index (χ3n) is 12.0. The third-order valence-corrected chi connectivity index (χ3v) is 12.0. The van der Waals surface area contributed by atoms with E-state index < -0.39 is 6.10 Å². The highest BCUT2D eigenvalue weighted by Gasteiger charge is 2.19. The summed E-state index contributed by atoms with van der Waals surface area (Å²) in [4.78, 5) is 38.1. The molecule has 0 aromatic carbocycles. The second-order valence-electron chi connectivity index (χ2n) is 18.5. The fourth-order valence-electron chi connectivity index (χ4n) is 7.77. The molecule has 0 rings (SSSR count). The van der Waals surface area contributed by atoms with Gasteiger partial charge in [0.25, 0.3) is 0 Å². The van der Waals surface area contributed by atoms with Gasteiger partial charge in [0.05, 0.1) is 0 Å². The number of rotatable bonds is 50. The number of hydrogen-bond acceptors (Lipinski definition) is 6. The van der Waals surface area contributed by atoms with E-state index in [1.165, 1.54) is 148 Å². The monoisotopic (exact) mass is 909 g/mol. The summed E-state index contributed by atoms with van der Waals surface area (Å²) in [6.45, 7) is 6.58. The lowest BCUT2D eigenvalue weighted by atomic mass is 10.1. The topological polar surface area (TPSA) is 78.9 Å². The van der Waals surface area contributed by atoms with E-state index in [1.807, 2.05) is 0 Å². The molecule has 0 saturated heterocycles. The fraction of sp³-hybridized carbons (Fsp3) is 0.780. The molecule has 0 aliphatic heterocycles.